The molecule has 1 atom stereocenters. The third-order valence-corrected chi connectivity index (χ3v) is 6.19. The first-order valence-corrected chi connectivity index (χ1v) is 11.4. The van der Waals surface area contributed by atoms with Crippen molar-refractivity contribution in [3.63, 3.8) is 0 Å². The largest absolute Gasteiger partial charge is 0.376 e. The first-order chi connectivity index (χ1) is 16.0. The summed E-state index contributed by atoms with van der Waals surface area (Å²) in [5.74, 6) is -1.22. The summed E-state index contributed by atoms with van der Waals surface area (Å²) < 4.78 is 18.6. The van der Waals surface area contributed by atoms with Gasteiger partial charge in [-0.2, -0.15) is 0 Å². The predicted octanol–water partition coefficient (Wildman–Crippen LogP) is 3.23. The minimum atomic E-state index is -0.386. The molecule has 8 heteroatoms. The van der Waals surface area contributed by atoms with Gasteiger partial charge in [-0.25, -0.2) is 4.39 Å². The number of anilines is 1. The SMILES string of the molecule is O=C(NC[C@H]1CCCO1)c1ccccc1NC(=O)C1CCN(C(=O)c2ccc(F)cc2)CC1. The van der Waals surface area contributed by atoms with E-state index in [1.807, 2.05) is 0 Å². The lowest BCUT2D eigenvalue weighted by atomic mass is 9.95. The summed E-state index contributed by atoms with van der Waals surface area (Å²) in [6.07, 6.45) is 3.01. The van der Waals surface area contributed by atoms with Gasteiger partial charge in [0.05, 0.1) is 17.4 Å². The topological polar surface area (TPSA) is 87.7 Å². The van der Waals surface area contributed by atoms with Crippen LogP contribution in [0.4, 0.5) is 10.1 Å². The number of amides is 3. The summed E-state index contributed by atoms with van der Waals surface area (Å²) in [5.41, 5.74) is 1.31. The lowest BCUT2D eigenvalue weighted by molar-refractivity contribution is -0.121. The third-order valence-electron chi connectivity index (χ3n) is 6.19. The van der Waals surface area contributed by atoms with Crippen LogP contribution in [0.25, 0.3) is 0 Å². The van der Waals surface area contributed by atoms with E-state index in [9.17, 15) is 18.8 Å². The van der Waals surface area contributed by atoms with E-state index in [2.05, 4.69) is 10.6 Å². The van der Waals surface area contributed by atoms with Crippen LogP contribution in [0.15, 0.2) is 48.5 Å². The van der Waals surface area contributed by atoms with Crippen molar-refractivity contribution in [1.29, 1.82) is 0 Å². The summed E-state index contributed by atoms with van der Waals surface area (Å²) in [4.78, 5) is 39.8. The zero-order valence-corrected chi connectivity index (χ0v) is 18.4. The van der Waals surface area contributed by atoms with Crippen LogP contribution in [0.2, 0.25) is 0 Å². The summed E-state index contributed by atoms with van der Waals surface area (Å²) in [6, 6.07) is 12.4. The molecule has 0 aliphatic carbocycles. The molecule has 7 nitrogen and oxygen atoms in total. The van der Waals surface area contributed by atoms with E-state index in [4.69, 9.17) is 4.74 Å². The number of rotatable bonds is 6. The van der Waals surface area contributed by atoms with Gasteiger partial charge in [-0.1, -0.05) is 12.1 Å². The molecule has 2 fully saturated rings. The number of halogens is 1. The number of hydrogen-bond acceptors (Lipinski definition) is 4. The number of ether oxygens (including phenoxy) is 1. The Morgan fingerprint density at radius 1 is 1.00 bits per heavy atom. The van der Waals surface area contributed by atoms with Crippen molar-refractivity contribution in [2.24, 2.45) is 5.92 Å². The van der Waals surface area contributed by atoms with Gasteiger partial charge in [0.1, 0.15) is 5.82 Å². The van der Waals surface area contributed by atoms with E-state index in [1.54, 1.807) is 29.2 Å². The van der Waals surface area contributed by atoms with Crippen molar-refractivity contribution in [3.05, 3.63) is 65.5 Å². The fourth-order valence-electron chi connectivity index (χ4n) is 4.25. The van der Waals surface area contributed by atoms with E-state index in [0.717, 1.165) is 19.4 Å². The summed E-state index contributed by atoms with van der Waals surface area (Å²) >= 11 is 0. The van der Waals surface area contributed by atoms with Crippen molar-refractivity contribution in [3.8, 4) is 0 Å². The Balaban J connectivity index is 1.31. The Morgan fingerprint density at radius 3 is 2.42 bits per heavy atom. The van der Waals surface area contributed by atoms with Crippen LogP contribution in [0.1, 0.15) is 46.4 Å². The predicted molar refractivity (Wildman–Crippen MR) is 121 cm³/mol. The molecule has 0 unspecified atom stereocenters. The molecule has 174 valence electrons. The second-order valence-electron chi connectivity index (χ2n) is 8.45. The maximum atomic E-state index is 13.1. The highest BCUT2D eigenvalue weighted by molar-refractivity contribution is 6.04. The van der Waals surface area contributed by atoms with Crippen LogP contribution in [0.3, 0.4) is 0 Å². The van der Waals surface area contributed by atoms with Crippen LogP contribution in [-0.4, -0.2) is 55.0 Å². The Labute approximate surface area is 192 Å². The number of hydrogen-bond donors (Lipinski definition) is 2. The van der Waals surface area contributed by atoms with Gasteiger partial charge in [-0.3, -0.25) is 14.4 Å². The molecule has 2 aromatic carbocycles. The highest BCUT2D eigenvalue weighted by Gasteiger charge is 2.28. The van der Waals surface area contributed by atoms with Gasteiger partial charge in [0.2, 0.25) is 5.91 Å². The molecule has 33 heavy (non-hydrogen) atoms. The third kappa shape index (κ3) is 5.76. The number of nitrogens with zero attached hydrogens (tertiary/aromatic N) is 1. The second-order valence-corrected chi connectivity index (χ2v) is 8.45. The number of carbonyl (C=O) groups excluding carboxylic acids is 3. The van der Waals surface area contributed by atoms with Gasteiger partial charge in [-0.15, -0.1) is 0 Å². The Morgan fingerprint density at radius 2 is 1.73 bits per heavy atom. The minimum absolute atomic E-state index is 0.0403. The average Bonchev–Trinajstić information content (AvgIpc) is 3.37. The maximum absolute atomic E-state index is 13.1. The maximum Gasteiger partial charge on any atom is 0.253 e. The number of piperidine rings is 1. The molecule has 0 aromatic heterocycles. The van der Waals surface area contributed by atoms with Crippen molar-refractivity contribution in [2.75, 3.05) is 31.6 Å². The van der Waals surface area contributed by atoms with Crippen LogP contribution >= 0.6 is 0 Å². The van der Waals surface area contributed by atoms with E-state index in [0.29, 0.717) is 49.3 Å². The van der Waals surface area contributed by atoms with E-state index < -0.39 is 0 Å². The molecule has 2 aliphatic rings. The molecule has 2 aromatic rings. The fourth-order valence-corrected chi connectivity index (χ4v) is 4.25. The van der Waals surface area contributed by atoms with Crippen LogP contribution < -0.4 is 10.6 Å². The number of likely N-dealkylation sites (tertiary alicyclic amines) is 1. The van der Waals surface area contributed by atoms with Crippen molar-refractivity contribution in [1.82, 2.24) is 10.2 Å². The number of para-hydroxylation sites is 1. The smallest absolute Gasteiger partial charge is 0.253 e. The second kappa shape index (κ2) is 10.6. The monoisotopic (exact) mass is 453 g/mol. The Kier molecular flexibility index (Phi) is 7.34. The zero-order chi connectivity index (χ0) is 23.2. The van der Waals surface area contributed by atoms with E-state index >= 15 is 0 Å². The average molecular weight is 454 g/mol. The zero-order valence-electron chi connectivity index (χ0n) is 18.4. The Bertz CT molecular complexity index is 997. The molecular weight excluding hydrogens is 425 g/mol. The molecule has 2 aliphatic heterocycles. The normalized spacial score (nSPS) is 18.7. The van der Waals surface area contributed by atoms with Crippen molar-refractivity contribution in [2.45, 2.75) is 31.8 Å². The molecule has 2 N–H and O–H groups in total. The molecule has 2 heterocycles. The molecule has 2 saturated heterocycles. The lowest BCUT2D eigenvalue weighted by Crippen LogP contribution is -2.41. The molecule has 0 spiro atoms. The highest BCUT2D eigenvalue weighted by Crippen LogP contribution is 2.23. The molecular formula is C25H28FN3O4. The number of benzene rings is 2. The van der Waals surface area contributed by atoms with Gasteiger partial charge >= 0.3 is 0 Å². The van der Waals surface area contributed by atoms with Crippen molar-refractivity contribution >= 4 is 23.4 Å². The van der Waals surface area contributed by atoms with Gasteiger partial charge in [0.15, 0.2) is 0 Å². The minimum Gasteiger partial charge on any atom is -0.376 e. The van der Waals surface area contributed by atoms with Gasteiger partial charge in [0.25, 0.3) is 11.8 Å². The van der Waals surface area contributed by atoms with Crippen LogP contribution in [-0.2, 0) is 9.53 Å². The summed E-state index contributed by atoms with van der Waals surface area (Å²) in [6.45, 7) is 2.05. The van der Waals surface area contributed by atoms with Gasteiger partial charge in [0, 0.05) is 37.7 Å². The standard InChI is InChI=1S/C25H28FN3O4/c26-19-9-7-18(8-10-19)25(32)29-13-11-17(12-14-29)23(30)28-22-6-2-1-5-21(22)24(31)27-16-20-4-3-15-33-20/h1-2,5-10,17,20H,3-4,11-16H2,(H,27,31)(H,28,30)/t20-/m1/s1. The van der Waals surface area contributed by atoms with E-state index in [-0.39, 0.29) is 35.6 Å². The number of carbonyl (C=O) groups is 3. The summed E-state index contributed by atoms with van der Waals surface area (Å²) in [7, 11) is 0. The van der Waals surface area contributed by atoms with Gasteiger partial charge in [-0.05, 0) is 62.1 Å². The lowest BCUT2D eigenvalue weighted by Gasteiger charge is -2.31. The highest BCUT2D eigenvalue weighted by atomic mass is 19.1. The first kappa shape index (κ1) is 22.9. The quantitative estimate of drug-likeness (QED) is 0.703. The van der Waals surface area contributed by atoms with E-state index in [1.165, 1.54) is 24.3 Å². The van der Waals surface area contributed by atoms with Crippen LogP contribution in [0.5, 0.6) is 0 Å². The first-order valence-electron chi connectivity index (χ1n) is 11.4. The summed E-state index contributed by atoms with van der Waals surface area (Å²) in [5, 5.41) is 5.78. The molecule has 0 bridgehead atoms. The molecule has 4 rings (SSSR count). The van der Waals surface area contributed by atoms with Crippen LogP contribution in [0, 0.1) is 11.7 Å². The Hall–Kier alpha value is -3.26. The molecule has 0 radical (unpaired) electrons. The molecule has 3 amide bonds. The fraction of sp³-hybridized carbons (Fsp3) is 0.400. The van der Waals surface area contributed by atoms with Gasteiger partial charge < -0.3 is 20.3 Å². The molecule has 0 saturated carbocycles. The van der Waals surface area contributed by atoms with Crippen molar-refractivity contribution < 1.29 is 23.5 Å². The number of nitrogens with one attached hydrogen (secondary N) is 2.